The first kappa shape index (κ1) is 22.3. The van der Waals surface area contributed by atoms with E-state index in [-0.39, 0.29) is 17.7 Å². The Morgan fingerprint density at radius 1 is 1.12 bits per heavy atom. The summed E-state index contributed by atoms with van der Waals surface area (Å²) in [5.41, 5.74) is 2.02. The number of carbonyl (C=O) groups is 3. The van der Waals surface area contributed by atoms with Crippen LogP contribution in [-0.4, -0.2) is 28.6 Å². The van der Waals surface area contributed by atoms with Crippen LogP contribution in [0.4, 0.5) is 4.79 Å². The van der Waals surface area contributed by atoms with E-state index in [4.69, 9.17) is 9.15 Å². The minimum Gasteiger partial charge on any atom is -0.462 e. The predicted octanol–water partition coefficient (Wildman–Crippen LogP) is 5.96. The van der Waals surface area contributed by atoms with Crippen molar-refractivity contribution in [2.45, 2.75) is 13.5 Å². The molecule has 0 radical (unpaired) electrons. The Morgan fingerprint density at radius 3 is 2.66 bits per heavy atom. The quantitative estimate of drug-likeness (QED) is 0.211. The van der Waals surface area contributed by atoms with Gasteiger partial charge in [0, 0.05) is 15.2 Å². The molecule has 0 N–H and O–H groups in total. The number of rotatable bonds is 6. The molecule has 0 atom stereocenters. The molecule has 0 spiro atoms. The van der Waals surface area contributed by atoms with Gasteiger partial charge in [0.1, 0.15) is 11.5 Å². The molecule has 1 fully saturated rings. The SMILES string of the molecule is CCOC(=O)c1cccc(-c2ccc(/C=C3\SC(=O)N(Cc4ccc(I)cc4)C3=O)o2)c1. The van der Waals surface area contributed by atoms with Crippen molar-refractivity contribution in [1.29, 1.82) is 0 Å². The summed E-state index contributed by atoms with van der Waals surface area (Å²) in [6.45, 7) is 2.28. The number of benzene rings is 2. The largest absolute Gasteiger partial charge is 0.462 e. The predicted molar refractivity (Wildman–Crippen MR) is 131 cm³/mol. The van der Waals surface area contributed by atoms with E-state index >= 15 is 0 Å². The van der Waals surface area contributed by atoms with Gasteiger partial charge in [0.2, 0.25) is 0 Å². The zero-order chi connectivity index (χ0) is 22.7. The number of carbonyl (C=O) groups excluding carboxylic acids is 3. The maximum absolute atomic E-state index is 12.8. The topological polar surface area (TPSA) is 76.8 Å². The van der Waals surface area contributed by atoms with E-state index in [1.165, 1.54) is 4.90 Å². The summed E-state index contributed by atoms with van der Waals surface area (Å²) in [5, 5.41) is -0.311. The molecule has 1 aliphatic rings. The van der Waals surface area contributed by atoms with Gasteiger partial charge >= 0.3 is 5.97 Å². The fourth-order valence-corrected chi connectivity index (χ4v) is 4.32. The molecule has 2 heterocycles. The second-order valence-electron chi connectivity index (χ2n) is 6.90. The first-order valence-electron chi connectivity index (χ1n) is 9.82. The van der Waals surface area contributed by atoms with Gasteiger partial charge in [0.15, 0.2) is 0 Å². The van der Waals surface area contributed by atoms with Crippen LogP contribution in [-0.2, 0) is 16.1 Å². The summed E-state index contributed by atoms with van der Waals surface area (Å²) in [5.74, 6) is 0.241. The van der Waals surface area contributed by atoms with E-state index in [9.17, 15) is 14.4 Å². The van der Waals surface area contributed by atoms with Crippen LogP contribution in [0.5, 0.6) is 0 Å². The number of halogens is 1. The van der Waals surface area contributed by atoms with E-state index in [1.807, 2.05) is 30.3 Å². The third-order valence-corrected chi connectivity index (χ3v) is 6.31. The van der Waals surface area contributed by atoms with Crippen molar-refractivity contribution in [3.05, 3.63) is 86.0 Å². The summed E-state index contributed by atoms with van der Waals surface area (Å²) >= 11 is 3.10. The van der Waals surface area contributed by atoms with Gasteiger partial charge in [0.05, 0.1) is 23.6 Å². The molecule has 0 aliphatic carbocycles. The van der Waals surface area contributed by atoms with Crippen molar-refractivity contribution in [1.82, 2.24) is 4.90 Å². The van der Waals surface area contributed by atoms with Crippen LogP contribution >= 0.6 is 34.4 Å². The molecule has 2 amide bonds. The summed E-state index contributed by atoms with van der Waals surface area (Å²) in [7, 11) is 0. The molecule has 6 nitrogen and oxygen atoms in total. The van der Waals surface area contributed by atoms with Crippen LogP contribution in [0.2, 0.25) is 0 Å². The van der Waals surface area contributed by atoms with Crippen LogP contribution < -0.4 is 0 Å². The number of furan rings is 1. The van der Waals surface area contributed by atoms with Gasteiger partial charge in [-0.1, -0.05) is 24.3 Å². The lowest BCUT2D eigenvalue weighted by Gasteiger charge is -2.12. The van der Waals surface area contributed by atoms with Gasteiger partial charge in [-0.25, -0.2) is 4.79 Å². The van der Waals surface area contributed by atoms with Gasteiger partial charge in [-0.05, 0) is 83.2 Å². The molecule has 0 unspecified atom stereocenters. The van der Waals surface area contributed by atoms with Gasteiger partial charge < -0.3 is 9.15 Å². The first-order chi connectivity index (χ1) is 15.4. The third kappa shape index (κ3) is 4.97. The Balaban J connectivity index is 1.51. The molecule has 1 aromatic heterocycles. The smallest absolute Gasteiger partial charge is 0.338 e. The first-order valence-corrected chi connectivity index (χ1v) is 11.7. The second kappa shape index (κ2) is 9.74. The van der Waals surface area contributed by atoms with Gasteiger partial charge in [-0.2, -0.15) is 0 Å². The molecule has 2 aromatic carbocycles. The molecule has 1 saturated heterocycles. The molecular weight excluding hydrogens is 541 g/mol. The van der Waals surface area contributed by atoms with Crippen molar-refractivity contribution < 1.29 is 23.5 Å². The van der Waals surface area contributed by atoms with Crippen molar-refractivity contribution in [2.24, 2.45) is 0 Å². The number of amides is 2. The molecular formula is C24H18INO5S. The number of thioether (sulfide) groups is 1. The van der Waals surface area contributed by atoms with Crippen molar-refractivity contribution in [3.63, 3.8) is 0 Å². The van der Waals surface area contributed by atoms with E-state index in [0.29, 0.717) is 34.2 Å². The number of imide groups is 1. The zero-order valence-electron chi connectivity index (χ0n) is 17.0. The lowest BCUT2D eigenvalue weighted by molar-refractivity contribution is -0.123. The number of esters is 1. The highest BCUT2D eigenvalue weighted by atomic mass is 127. The average molecular weight is 559 g/mol. The molecule has 0 bridgehead atoms. The Hall–Kier alpha value is -2.85. The highest BCUT2D eigenvalue weighted by Gasteiger charge is 2.35. The van der Waals surface area contributed by atoms with E-state index in [1.54, 1.807) is 43.3 Å². The van der Waals surface area contributed by atoms with Crippen LogP contribution in [0.25, 0.3) is 17.4 Å². The number of nitrogens with zero attached hydrogens (tertiary/aromatic N) is 1. The zero-order valence-corrected chi connectivity index (χ0v) is 20.0. The monoisotopic (exact) mass is 559 g/mol. The molecule has 32 heavy (non-hydrogen) atoms. The van der Waals surface area contributed by atoms with Crippen molar-refractivity contribution >= 4 is 57.5 Å². The van der Waals surface area contributed by atoms with Crippen LogP contribution in [0, 0.1) is 3.57 Å². The maximum atomic E-state index is 12.8. The van der Waals surface area contributed by atoms with Gasteiger partial charge in [0.25, 0.3) is 11.1 Å². The molecule has 4 rings (SSSR count). The Morgan fingerprint density at radius 2 is 1.91 bits per heavy atom. The Kier molecular flexibility index (Phi) is 6.80. The normalized spacial score (nSPS) is 14.9. The van der Waals surface area contributed by atoms with Gasteiger partial charge in [-0.15, -0.1) is 0 Å². The van der Waals surface area contributed by atoms with E-state index in [2.05, 4.69) is 22.6 Å². The number of hydrogen-bond donors (Lipinski definition) is 0. The highest BCUT2D eigenvalue weighted by molar-refractivity contribution is 14.1. The lowest BCUT2D eigenvalue weighted by Crippen LogP contribution is -2.27. The number of ether oxygens (including phenoxy) is 1. The van der Waals surface area contributed by atoms with Crippen LogP contribution in [0.15, 0.2) is 70.0 Å². The van der Waals surface area contributed by atoms with E-state index < -0.39 is 5.97 Å². The van der Waals surface area contributed by atoms with Crippen molar-refractivity contribution in [2.75, 3.05) is 6.61 Å². The third-order valence-electron chi connectivity index (χ3n) is 4.69. The molecule has 162 valence electrons. The molecule has 8 heteroatoms. The van der Waals surface area contributed by atoms with Crippen LogP contribution in [0.3, 0.4) is 0 Å². The summed E-state index contributed by atoms with van der Waals surface area (Å²) in [6.07, 6.45) is 1.57. The fraction of sp³-hybridized carbons (Fsp3) is 0.125. The maximum Gasteiger partial charge on any atom is 0.338 e. The van der Waals surface area contributed by atoms with Crippen molar-refractivity contribution in [3.8, 4) is 11.3 Å². The minimum absolute atomic E-state index is 0.225. The molecule has 0 saturated carbocycles. The molecule has 1 aliphatic heterocycles. The number of hydrogen-bond acceptors (Lipinski definition) is 6. The Bertz CT molecular complexity index is 1220. The fourth-order valence-electron chi connectivity index (χ4n) is 3.14. The van der Waals surface area contributed by atoms with E-state index in [0.717, 1.165) is 20.9 Å². The van der Waals surface area contributed by atoms with Gasteiger partial charge in [-0.3, -0.25) is 14.5 Å². The average Bonchev–Trinajstić information content (AvgIpc) is 3.36. The summed E-state index contributed by atoms with van der Waals surface area (Å²) < 4.78 is 12.0. The standard InChI is InChI=1S/C24H18INO5S/c1-2-30-23(28)17-5-3-4-16(12-17)20-11-10-19(31-20)13-21-22(27)26(24(29)32-21)14-15-6-8-18(25)9-7-15/h3-13H,2,14H2,1H3/b21-13-. The highest BCUT2D eigenvalue weighted by Crippen LogP contribution is 2.34. The lowest BCUT2D eigenvalue weighted by atomic mass is 10.1. The Labute approximate surface area is 202 Å². The van der Waals surface area contributed by atoms with Crippen LogP contribution in [0.1, 0.15) is 28.6 Å². The minimum atomic E-state index is -0.400. The molecule has 3 aromatic rings. The summed E-state index contributed by atoms with van der Waals surface area (Å²) in [4.78, 5) is 38.7. The summed E-state index contributed by atoms with van der Waals surface area (Å²) in [6, 6.07) is 18.1. The second-order valence-corrected chi connectivity index (χ2v) is 9.14.